The fraction of sp³-hybridized carbons (Fsp3) is 0.500. The molecule has 0 spiro atoms. The van der Waals surface area contributed by atoms with Crippen molar-refractivity contribution in [3.05, 3.63) is 29.8 Å². The Labute approximate surface area is 135 Å². The molecule has 1 aromatic rings. The molecule has 0 saturated carbocycles. The first-order valence-electron chi connectivity index (χ1n) is 7.45. The SMILES string of the molecule is CC(C)(C)OC(=O)Nc1ccc(C(=O)N[C@H]2CCOC2O)cc1. The van der Waals surface area contributed by atoms with Crippen LogP contribution in [0, 0.1) is 0 Å². The minimum absolute atomic E-state index is 0.302. The van der Waals surface area contributed by atoms with Gasteiger partial charge in [0.05, 0.1) is 12.6 Å². The summed E-state index contributed by atoms with van der Waals surface area (Å²) in [4.78, 5) is 23.7. The molecule has 7 heteroatoms. The number of nitrogens with one attached hydrogen (secondary N) is 2. The predicted octanol–water partition coefficient (Wildman–Crippen LogP) is 1.87. The van der Waals surface area contributed by atoms with Crippen LogP contribution in [-0.2, 0) is 9.47 Å². The number of carbonyl (C=O) groups excluding carboxylic acids is 2. The second-order valence-electron chi connectivity index (χ2n) is 6.33. The normalized spacial score (nSPS) is 20.9. The van der Waals surface area contributed by atoms with Gasteiger partial charge in [-0.15, -0.1) is 0 Å². The number of ether oxygens (including phenoxy) is 2. The van der Waals surface area contributed by atoms with E-state index >= 15 is 0 Å². The van der Waals surface area contributed by atoms with E-state index in [1.54, 1.807) is 45.0 Å². The van der Waals surface area contributed by atoms with Crippen LogP contribution in [0.15, 0.2) is 24.3 Å². The number of rotatable bonds is 3. The van der Waals surface area contributed by atoms with E-state index in [0.717, 1.165) is 0 Å². The van der Waals surface area contributed by atoms with Crippen LogP contribution in [0.2, 0.25) is 0 Å². The van der Waals surface area contributed by atoms with Crippen molar-refractivity contribution in [2.75, 3.05) is 11.9 Å². The molecule has 126 valence electrons. The Hall–Kier alpha value is -2.12. The number of aliphatic hydroxyl groups excluding tert-OH is 1. The molecular formula is C16H22N2O5. The molecule has 0 bridgehead atoms. The monoisotopic (exact) mass is 322 g/mol. The summed E-state index contributed by atoms with van der Waals surface area (Å²) in [5, 5.41) is 14.8. The number of amides is 2. The van der Waals surface area contributed by atoms with Crippen LogP contribution in [0.1, 0.15) is 37.6 Å². The van der Waals surface area contributed by atoms with Crippen LogP contribution in [0.3, 0.4) is 0 Å². The van der Waals surface area contributed by atoms with E-state index in [9.17, 15) is 14.7 Å². The Bertz CT molecular complexity index is 565. The van der Waals surface area contributed by atoms with Crippen molar-refractivity contribution in [3.63, 3.8) is 0 Å². The molecule has 1 aliphatic heterocycles. The summed E-state index contributed by atoms with van der Waals surface area (Å²) < 4.78 is 10.1. The lowest BCUT2D eigenvalue weighted by atomic mass is 10.1. The third kappa shape index (κ3) is 5.22. The van der Waals surface area contributed by atoms with Gasteiger partial charge >= 0.3 is 6.09 Å². The van der Waals surface area contributed by atoms with Crippen LogP contribution in [-0.4, -0.2) is 41.6 Å². The largest absolute Gasteiger partial charge is 0.444 e. The number of hydrogen-bond donors (Lipinski definition) is 3. The third-order valence-corrected chi connectivity index (χ3v) is 3.17. The van der Waals surface area contributed by atoms with E-state index in [4.69, 9.17) is 9.47 Å². The van der Waals surface area contributed by atoms with Gasteiger partial charge < -0.3 is 19.9 Å². The summed E-state index contributed by atoms with van der Waals surface area (Å²) in [5.74, 6) is -0.302. The quantitative estimate of drug-likeness (QED) is 0.789. The zero-order chi connectivity index (χ0) is 17.0. The molecule has 0 aromatic heterocycles. The van der Waals surface area contributed by atoms with Crippen molar-refractivity contribution >= 4 is 17.7 Å². The Morgan fingerprint density at radius 1 is 1.26 bits per heavy atom. The fourth-order valence-electron chi connectivity index (χ4n) is 2.10. The molecule has 2 rings (SSSR count). The molecule has 3 N–H and O–H groups in total. The second-order valence-corrected chi connectivity index (χ2v) is 6.33. The Kier molecular flexibility index (Phi) is 5.23. The highest BCUT2D eigenvalue weighted by Crippen LogP contribution is 2.15. The highest BCUT2D eigenvalue weighted by Gasteiger charge is 2.27. The topological polar surface area (TPSA) is 96.9 Å². The maximum Gasteiger partial charge on any atom is 0.412 e. The molecule has 1 unspecified atom stereocenters. The third-order valence-electron chi connectivity index (χ3n) is 3.17. The average Bonchev–Trinajstić information content (AvgIpc) is 2.83. The van der Waals surface area contributed by atoms with E-state index in [-0.39, 0.29) is 5.91 Å². The Morgan fingerprint density at radius 3 is 2.43 bits per heavy atom. The molecule has 23 heavy (non-hydrogen) atoms. The lowest BCUT2D eigenvalue weighted by molar-refractivity contribution is -0.0704. The molecular weight excluding hydrogens is 300 g/mol. The lowest BCUT2D eigenvalue weighted by Gasteiger charge is -2.19. The molecule has 1 fully saturated rings. The Balaban J connectivity index is 1.91. The van der Waals surface area contributed by atoms with Crippen molar-refractivity contribution in [1.29, 1.82) is 0 Å². The molecule has 0 radical (unpaired) electrons. The highest BCUT2D eigenvalue weighted by atomic mass is 16.6. The highest BCUT2D eigenvalue weighted by molar-refractivity contribution is 5.95. The van der Waals surface area contributed by atoms with Gasteiger partial charge in [0.25, 0.3) is 5.91 Å². The fourth-order valence-corrected chi connectivity index (χ4v) is 2.10. The van der Waals surface area contributed by atoms with Crippen LogP contribution >= 0.6 is 0 Å². The smallest absolute Gasteiger partial charge is 0.412 e. The minimum Gasteiger partial charge on any atom is -0.444 e. The second kappa shape index (κ2) is 6.97. The standard InChI is InChI=1S/C16H22N2O5/c1-16(2,3)23-15(21)17-11-6-4-10(5-7-11)13(19)18-12-8-9-22-14(12)20/h4-7,12,14,20H,8-9H2,1-3H3,(H,17,21)(H,18,19)/t12-,14?/m0/s1. The van der Waals surface area contributed by atoms with Gasteiger partial charge in [-0.05, 0) is 51.5 Å². The van der Waals surface area contributed by atoms with Gasteiger partial charge in [-0.25, -0.2) is 4.79 Å². The lowest BCUT2D eigenvalue weighted by Crippen LogP contribution is -2.40. The summed E-state index contributed by atoms with van der Waals surface area (Å²) in [6.07, 6.45) is -0.946. The van der Waals surface area contributed by atoms with Gasteiger partial charge in [-0.3, -0.25) is 10.1 Å². The number of carbonyl (C=O) groups is 2. The average molecular weight is 322 g/mol. The number of aliphatic hydroxyl groups is 1. The molecule has 2 amide bonds. The minimum atomic E-state index is -0.966. The zero-order valence-electron chi connectivity index (χ0n) is 13.5. The first-order valence-corrected chi connectivity index (χ1v) is 7.45. The number of benzene rings is 1. The zero-order valence-corrected chi connectivity index (χ0v) is 13.5. The van der Waals surface area contributed by atoms with Gasteiger partial charge in [-0.2, -0.15) is 0 Å². The van der Waals surface area contributed by atoms with E-state index in [1.165, 1.54) is 0 Å². The van der Waals surface area contributed by atoms with Crippen molar-refractivity contribution in [3.8, 4) is 0 Å². The molecule has 1 aliphatic rings. The van der Waals surface area contributed by atoms with E-state index in [0.29, 0.717) is 24.3 Å². The van der Waals surface area contributed by atoms with Crippen LogP contribution in [0.4, 0.5) is 10.5 Å². The van der Waals surface area contributed by atoms with Crippen LogP contribution in [0.5, 0.6) is 0 Å². The van der Waals surface area contributed by atoms with Gasteiger partial charge in [0.1, 0.15) is 5.60 Å². The van der Waals surface area contributed by atoms with Gasteiger partial charge in [0.15, 0.2) is 6.29 Å². The first-order chi connectivity index (χ1) is 10.7. The molecule has 1 heterocycles. The maximum atomic E-state index is 12.1. The van der Waals surface area contributed by atoms with Crippen LogP contribution in [0.25, 0.3) is 0 Å². The van der Waals surface area contributed by atoms with E-state index < -0.39 is 24.0 Å². The summed E-state index contributed by atoms with van der Waals surface area (Å²) >= 11 is 0. The Morgan fingerprint density at radius 2 is 1.91 bits per heavy atom. The van der Waals surface area contributed by atoms with Crippen molar-refractivity contribution in [2.45, 2.75) is 45.1 Å². The molecule has 7 nitrogen and oxygen atoms in total. The number of hydrogen-bond acceptors (Lipinski definition) is 5. The maximum absolute atomic E-state index is 12.1. The van der Waals surface area contributed by atoms with Gasteiger partial charge in [0.2, 0.25) is 0 Å². The molecule has 1 saturated heterocycles. The predicted molar refractivity (Wildman–Crippen MR) is 84.1 cm³/mol. The van der Waals surface area contributed by atoms with Crippen molar-refractivity contribution < 1.29 is 24.2 Å². The molecule has 0 aliphatic carbocycles. The van der Waals surface area contributed by atoms with Crippen molar-refractivity contribution in [1.82, 2.24) is 5.32 Å². The van der Waals surface area contributed by atoms with Crippen LogP contribution < -0.4 is 10.6 Å². The summed E-state index contributed by atoms with van der Waals surface area (Å²) in [7, 11) is 0. The van der Waals surface area contributed by atoms with E-state index in [2.05, 4.69) is 10.6 Å². The molecule has 1 aromatic carbocycles. The number of anilines is 1. The van der Waals surface area contributed by atoms with E-state index in [1.807, 2.05) is 0 Å². The molecule has 2 atom stereocenters. The summed E-state index contributed by atoms with van der Waals surface area (Å²) in [5.41, 5.74) is 0.382. The summed E-state index contributed by atoms with van der Waals surface area (Å²) in [6, 6.07) is 6.00. The van der Waals surface area contributed by atoms with Gasteiger partial charge in [-0.1, -0.05) is 0 Å². The van der Waals surface area contributed by atoms with Crippen molar-refractivity contribution in [2.24, 2.45) is 0 Å². The van der Waals surface area contributed by atoms with Gasteiger partial charge in [0, 0.05) is 11.3 Å². The summed E-state index contributed by atoms with van der Waals surface area (Å²) in [6.45, 7) is 5.76. The first kappa shape index (κ1) is 17.2.